The van der Waals surface area contributed by atoms with Gasteiger partial charge in [-0.05, 0) is 27.2 Å². The molecule has 0 aliphatic carbocycles. The summed E-state index contributed by atoms with van der Waals surface area (Å²) < 4.78 is 33.7. The van der Waals surface area contributed by atoms with Gasteiger partial charge in [0.25, 0.3) is 5.69 Å². The number of ether oxygens (including phenoxy) is 1. The third-order valence-electron chi connectivity index (χ3n) is 4.33. The van der Waals surface area contributed by atoms with E-state index in [2.05, 4.69) is 0 Å². The van der Waals surface area contributed by atoms with E-state index in [1.807, 2.05) is 0 Å². The number of piperidine rings is 1. The Morgan fingerprint density at radius 1 is 1.24 bits per heavy atom. The molecule has 0 radical (unpaired) electrons. The van der Waals surface area contributed by atoms with E-state index in [1.54, 1.807) is 25.7 Å². The van der Waals surface area contributed by atoms with Crippen LogP contribution in [0.15, 0.2) is 12.1 Å². The number of benzene rings is 1. The maximum absolute atomic E-state index is 14.2. The SMILES string of the molecule is CC(C)(C)OC(=O)N1C2CC1CN(c1c(F)cc([N+](=O)[O-])cc1F)C2. The monoisotopic (exact) mass is 355 g/mol. The fourth-order valence-corrected chi connectivity index (χ4v) is 3.36. The first-order valence-electron chi connectivity index (χ1n) is 7.96. The van der Waals surface area contributed by atoms with E-state index < -0.39 is 33.9 Å². The zero-order valence-electron chi connectivity index (χ0n) is 14.2. The predicted molar refractivity (Wildman–Crippen MR) is 85.5 cm³/mol. The van der Waals surface area contributed by atoms with Crippen molar-refractivity contribution in [2.45, 2.75) is 44.9 Å². The number of nitro benzene ring substituents is 1. The molecular formula is C16H19F2N3O4. The van der Waals surface area contributed by atoms with Crippen LogP contribution in [0.25, 0.3) is 0 Å². The molecule has 7 nitrogen and oxygen atoms in total. The fraction of sp³-hybridized carbons (Fsp3) is 0.562. The van der Waals surface area contributed by atoms with Gasteiger partial charge in [-0.25, -0.2) is 13.6 Å². The van der Waals surface area contributed by atoms with Gasteiger partial charge in [0.15, 0.2) is 11.6 Å². The van der Waals surface area contributed by atoms with Gasteiger partial charge in [-0.1, -0.05) is 0 Å². The maximum Gasteiger partial charge on any atom is 0.410 e. The fourth-order valence-electron chi connectivity index (χ4n) is 3.36. The lowest BCUT2D eigenvalue weighted by Crippen LogP contribution is -2.70. The number of nitrogens with zero attached hydrogens (tertiary/aromatic N) is 3. The summed E-state index contributed by atoms with van der Waals surface area (Å²) in [5.74, 6) is -1.95. The molecule has 25 heavy (non-hydrogen) atoms. The number of anilines is 1. The van der Waals surface area contributed by atoms with Crippen LogP contribution in [0.4, 0.5) is 25.0 Å². The summed E-state index contributed by atoms with van der Waals surface area (Å²) in [5, 5.41) is 10.7. The van der Waals surface area contributed by atoms with Crippen molar-refractivity contribution >= 4 is 17.5 Å². The summed E-state index contributed by atoms with van der Waals surface area (Å²) in [6, 6.07) is 1.04. The van der Waals surface area contributed by atoms with Crippen LogP contribution in [0.2, 0.25) is 0 Å². The number of carbonyl (C=O) groups excluding carboxylic acids is 1. The van der Waals surface area contributed by atoms with E-state index in [0.29, 0.717) is 12.1 Å². The second-order valence-electron chi connectivity index (χ2n) is 7.35. The van der Waals surface area contributed by atoms with Crippen LogP contribution in [0, 0.1) is 21.7 Å². The standard InChI is InChI=1S/C16H19F2N3O4/c1-16(2,3)25-15(22)20-10-4-11(20)8-19(7-10)14-12(17)5-9(21(23)24)6-13(14)18/h5-6,10-11H,4,7-8H2,1-3H3. The molecule has 2 bridgehead atoms. The number of carbonyl (C=O) groups is 1. The second-order valence-corrected chi connectivity index (χ2v) is 7.35. The quantitative estimate of drug-likeness (QED) is 0.602. The first-order valence-corrected chi connectivity index (χ1v) is 7.96. The average Bonchev–Trinajstić information content (AvgIpc) is 2.44. The van der Waals surface area contributed by atoms with E-state index in [-0.39, 0.29) is 30.9 Å². The molecule has 2 atom stereocenters. The summed E-state index contributed by atoms with van der Waals surface area (Å²) in [5.41, 5.74) is -1.53. The number of halogens is 2. The van der Waals surface area contributed by atoms with Crippen LogP contribution in [0.5, 0.6) is 0 Å². The lowest BCUT2D eigenvalue weighted by atomic mass is 9.87. The van der Waals surface area contributed by atoms with Gasteiger partial charge in [-0.3, -0.25) is 15.0 Å². The predicted octanol–water partition coefficient (Wildman–Crippen LogP) is 3.07. The Balaban J connectivity index is 1.75. The minimum atomic E-state index is -0.975. The van der Waals surface area contributed by atoms with Crippen LogP contribution in [0.3, 0.4) is 0 Å². The molecule has 2 unspecified atom stereocenters. The van der Waals surface area contributed by atoms with Gasteiger partial charge in [0.1, 0.15) is 11.3 Å². The van der Waals surface area contributed by atoms with Crippen molar-refractivity contribution in [2.75, 3.05) is 18.0 Å². The zero-order chi connectivity index (χ0) is 18.5. The number of fused-ring (bicyclic) bond motifs is 2. The summed E-state index contributed by atoms with van der Waals surface area (Å²) in [7, 11) is 0. The summed E-state index contributed by atoms with van der Waals surface area (Å²) in [6.07, 6.45) is 0.310. The van der Waals surface area contributed by atoms with E-state index in [9.17, 15) is 23.7 Å². The molecule has 1 aromatic rings. The highest BCUT2D eigenvalue weighted by atomic mass is 19.1. The van der Waals surface area contributed by atoms with E-state index >= 15 is 0 Å². The number of nitro groups is 1. The average molecular weight is 355 g/mol. The number of amides is 1. The Bertz CT molecular complexity index is 700. The Hall–Kier alpha value is -2.45. The number of rotatable bonds is 2. The highest BCUT2D eigenvalue weighted by molar-refractivity contribution is 5.71. The molecule has 3 saturated heterocycles. The van der Waals surface area contributed by atoms with Crippen LogP contribution in [-0.2, 0) is 4.74 Å². The maximum atomic E-state index is 14.2. The van der Waals surface area contributed by atoms with Gasteiger partial charge in [0, 0.05) is 13.1 Å². The Morgan fingerprint density at radius 2 is 1.76 bits per heavy atom. The lowest BCUT2D eigenvalue weighted by molar-refractivity contribution is -0.385. The lowest BCUT2D eigenvalue weighted by Gasteiger charge is -2.56. The van der Waals surface area contributed by atoms with Gasteiger partial charge >= 0.3 is 6.09 Å². The molecule has 9 heteroatoms. The molecule has 136 valence electrons. The second kappa shape index (κ2) is 5.82. The number of hydrogen-bond acceptors (Lipinski definition) is 5. The molecule has 4 rings (SSSR count). The molecule has 0 spiro atoms. The van der Waals surface area contributed by atoms with Gasteiger partial charge < -0.3 is 9.64 Å². The third kappa shape index (κ3) is 3.22. The van der Waals surface area contributed by atoms with Crippen molar-refractivity contribution in [3.05, 3.63) is 33.9 Å². The number of hydrogen-bond donors (Lipinski definition) is 0. The van der Waals surface area contributed by atoms with E-state index in [1.165, 1.54) is 4.90 Å². The van der Waals surface area contributed by atoms with Crippen molar-refractivity contribution in [3.63, 3.8) is 0 Å². The summed E-state index contributed by atoms with van der Waals surface area (Å²) in [4.78, 5) is 25.2. The molecule has 3 fully saturated rings. The molecule has 1 aromatic carbocycles. The van der Waals surface area contributed by atoms with Gasteiger partial charge in [0.2, 0.25) is 0 Å². The Labute approximate surface area is 143 Å². The van der Waals surface area contributed by atoms with E-state index in [0.717, 1.165) is 6.42 Å². The first-order chi connectivity index (χ1) is 11.6. The van der Waals surface area contributed by atoms with Crippen molar-refractivity contribution in [2.24, 2.45) is 0 Å². The normalized spacial score (nSPS) is 22.4. The van der Waals surface area contributed by atoms with Crippen molar-refractivity contribution in [1.29, 1.82) is 0 Å². The number of piperazine rings is 1. The van der Waals surface area contributed by atoms with Crippen LogP contribution >= 0.6 is 0 Å². The minimum Gasteiger partial charge on any atom is -0.444 e. The van der Waals surface area contributed by atoms with Crippen molar-refractivity contribution in [1.82, 2.24) is 4.90 Å². The van der Waals surface area contributed by atoms with Crippen LogP contribution in [0.1, 0.15) is 27.2 Å². The van der Waals surface area contributed by atoms with Crippen molar-refractivity contribution < 1.29 is 23.2 Å². The largest absolute Gasteiger partial charge is 0.444 e. The molecule has 3 heterocycles. The minimum absolute atomic E-state index is 0.192. The molecule has 1 amide bonds. The number of non-ortho nitro benzene ring substituents is 1. The Kier molecular flexibility index (Phi) is 4.04. The zero-order valence-corrected chi connectivity index (χ0v) is 14.2. The van der Waals surface area contributed by atoms with Crippen LogP contribution in [-0.4, -0.2) is 46.7 Å². The van der Waals surface area contributed by atoms with Gasteiger partial charge in [-0.2, -0.15) is 0 Å². The topological polar surface area (TPSA) is 75.9 Å². The smallest absolute Gasteiger partial charge is 0.410 e. The van der Waals surface area contributed by atoms with Gasteiger partial charge in [-0.15, -0.1) is 0 Å². The molecule has 0 saturated carbocycles. The van der Waals surface area contributed by atoms with E-state index in [4.69, 9.17) is 4.74 Å². The summed E-state index contributed by atoms with van der Waals surface area (Å²) in [6.45, 7) is 5.82. The third-order valence-corrected chi connectivity index (χ3v) is 4.33. The highest BCUT2D eigenvalue weighted by Crippen LogP contribution is 2.38. The molecule has 0 N–H and O–H groups in total. The summed E-state index contributed by atoms with van der Waals surface area (Å²) >= 11 is 0. The van der Waals surface area contributed by atoms with Crippen LogP contribution < -0.4 is 4.90 Å². The highest BCUT2D eigenvalue weighted by Gasteiger charge is 2.49. The molecule has 3 aliphatic rings. The first kappa shape index (κ1) is 17.4. The molecule has 0 aromatic heterocycles. The Morgan fingerprint density at radius 3 is 2.20 bits per heavy atom. The van der Waals surface area contributed by atoms with Gasteiger partial charge in [0.05, 0.1) is 29.1 Å². The molecule has 3 aliphatic heterocycles. The van der Waals surface area contributed by atoms with Crippen molar-refractivity contribution in [3.8, 4) is 0 Å². The molecular weight excluding hydrogens is 336 g/mol.